The van der Waals surface area contributed by atoms with Crippen LogP contribution in [0.4, 0.5) is 0 Å². The van der Waals surface area contributed by atoms with Crippen LogP contribution in [0.25, 0.3) is 11.0 Å². The minimum atomic E-state index is -0.0838. The molecule has 0 aliphatic heterocycles. The molecule has 0 aliphatic carbocycles. The molecule has 0 bridgehead atoms. The first-order valence-corrected chi connectivity index (χ1v) is 9.04. The molecule has 3 rings (SSSR count). The van der Waals surface area contributed by atoms with E-state index in [1.807, 2.05) is 33.5 Å². The van der Waals surface area contributed by atoms with E-state index in [0.29, 0.717) is 23.9 Å². The summed E-state index contributed by atoms with van der Waals surface area (Å²) in [6, 6.07) is 3.99. The van der Waals surface area contributed by atoms with Crippen LogP contribution in [-0.4, -0.2) is 26.7 Å². The van der Waals surface area contributed by atoms with Gasteiger partial charge in [0.05, 0.1) is 12.2 Å². The van der Waals surface area contributed by atoms with E-state index >= 15 is 0 Å². The molecule has 0 aliphatic rings. The number of nitrogens with zero attached hydrogens (tertiary/aromatic N) is 3. The van der Waals surface area contributed by atoms with Gasteiger partial charge in [-0.3, -0.25) is 9.20 Å². The molecular weight excluding hydrogens is 350 g/mol. The van der Waals surface area contributed by atoms with Gasteiger partial charge in [0, 0.05) is 29.1 Å². The Kier molecular flexibility index (Phi) is 4.95. The Morgan fingerprint density at radius 3 is 3.04 bits per heavy atom. The zero-order valence-corrected chi connectivity index (χ0v) is 14.6. The second kappa shape index (κ2) is 7.12. The lowest BCUT2D eigenvalue weighted by Gasteiger charge is -2.18. The number of imidazole rings is 1. The third-order valence-corrected chi connectivity index (χ3v) is 5.12. The SMILES string of the molecule is C=CCN(Cc1cccs1)C(=O)C=Cc1c(Cl)nc2sccn12. The summed E-state index contributed by atoms with van der Waals surface area (Å²) in [4.78, 5) is 20.4. The number of thiophene rings is 1. The molecule has 0 spiro atoms. The summed E-state index contributed by atoms with van der Waals surface area (Å²) in [5.74, 6) is -0.0838. The van der Waals surface area contributed by atoms with Gasteiger partial charge in [-0.15, -0.1) is 29.3 Å². The van der Waals surface area contributed by atoms with Crippen molar-refractivity contribution in [3.63, 3.8) is 0 Å². The largest absolute Gasteiger partial charge is 0.330 e. The van der Waals surface area contributed by atoms with Crippen molar-refractivity contribution in [3.05, 3.63) is 63.5 Å². The summed E-state index contributed by atoms with van der Waals surface area (Å²) in [5, 5.41) is 4.33. The van der Waals surface area contributed by atoms with Crippen molar-refractivity contribution >= 4 is 51.2 Å². The molecule has 3 heterocycles. The molecule has 0 fully saturated rings. The molecule has 3 aromatic heterocycles. The predicted molar refractivity (Wildman–Crippen MR) is 97.0 cm³/mol. The van der Waals surface area contributed by atoms with Gasteiger partial charge >= 0.3 is 0 Å². The maximum atomic E-state index is 12.5. The molecule has 3 aromatic rings. The predicted octanol–water partition coefficient (Wildman–Crippen LogP) is 4.34. The van der Waals surface area contributed by atoms with Gasteiger partial charge < -0.3 is 4.90 Å². The fraction of sp³-hybridized carbons (Fsp3) is 0.125. The lowest BCUT2D eigenvalue weighted by Crippen LogP contribution is -2.28. The van der Waals surface area contributed by atoms with Gasteiger partial charge in [-0.25, -0.2) is 4.98 Å². The Labute approximate surface area is 147 Å². The van der Waals surface area contributed by atoms with Crippen LogP contribution in [0.2, 0.25) is 5.15 Å². The second-order valence-electron chi connectivity index (χ2n) is 4.76. The van der Waals surface area contributed by atoms with Gasteiger partial charge in [0.15, 0.2) is 10.1 Å². The average Bonchev–Trinajstić information content (AvgIpc) is 3.23. The van der Waals surface area contributed by atoms with Gasteiger partial charge in [0.2, 0.25) is 5.91 Å². The van der Waals surface area contributed by atoms with Crippen molar-refractivity contribution < 1.29 is 4.79 Å². The van der Waals surface area contributed by atoms with E-state index in [1.54, 1.807) is 28.4 Å². The van der Waals surface area contributed by atoms with E-state index < -0.39 is 0 Å². The molecule has 4 nitrogen and oxygen atoms in total. The van der Waals surface area contributed by atoms with Crippen molar-refractivity contribution in [2.75, 3.05) is 6.54 Å². The number of hydrogen-bond donors (Lipinski definition) is 0. The van der Waals surface area contributed by atoms with E-state index in [1.165, 1.54) is 17.4 Å². The van der Waals surface area contributed by atoms with E-state index in [0.717, 1.165) is 9.84 Å². The van der Waals surface area contributed by atoms with E-state index in [4.69, 9.17) is 11.6 Å². The van der Waals surface area contributed by atoms with E-state index in [-0.39, 0.29) is 5.91 Å². The average molecular weight is 364 g/mol. The smallest absolute Gasteiger partial charge is 0.247 e. The molecule has 0 saturated carbocycles. The van der Waals surface area contributed by atoms with Crippen LogP contribution < -0.4 is 0 Å². The fourth-order valence-electron chi connectivity index (χ4n) is 2.16. The van der Waals surface area contributed by atoms with Gasteiger partial charge in [0.25, 0.3) is 0 Å². The summed E-state index contributed by atoms with van der Waals surface area (Å²) < 4.78 is 1.87. The highest BCUT2D eigenvalue weighted by Gasteiger charge is 2.12. The number of thiazole rings is 1. The number of carbonyl (C=O) groups is 1. The molecule has 7 heteroatoms. The highest BCUT2D eigenvalue weighted by Crippen LogP contribution is 2.22. The topological polar surface area (TPSA) is 37.6 Å². The first kappa shape index (κ1) is 16.0. The molecule has 1 amide bonds. The molecule has 23 heavy (non-hydrogen) atoms. The van der Waals surface area contributed by atoms with Gasteiger partial charge in [0.1, 0.15) is 0 Å². The number of halogens is 1. The minimum Gasteiger partial charge on any atom is -0.330 e. The molecule has 0 saturated heterocycles. The molecule has 0 atom stereocenters. The Balaban J connectivity index is 1.79. The van der Waals surface area contributed by atoms with Crippen LogP contribution in [0.1, 0.15) is 10.6 Å². The molecular formula is C16H14ClN3OS2. The third-order valence-electron chi connectivity index (χ3n) is 3.23. The Hall–Kier alpha value is -1.89. The highest BCUT2D eigenvalue weighted by molar-refractivity contribution is 7.15. The minimum absolute atomic E-state index is 0.0838. The molecule has 0 radical (unpaired) electrons. The Morgan fingerprint density at radius 1 is 1.43 bits per heavy atom. The standard InChI is InChI=1S/C16H14ClN3OS2/c1-2-7-19(11-12-4-3-9-22-12)14(21)6-5-13-15(17)18-16-20(13)8-10-23-16/h2-6,8-10H,1,7,11H2. The van der Waals surface area contributed by atoms with Crippen LogP contribution in [-0.2, 0) is 11.3 Å². The maximum Gasteiger partial charge on any atom is 0.247 e. The zero-order chi connectivity index (χ0) is 16.2. The lowest BCUT2D eigenvalue weighted by molar-refractivity contribution is -0.126. The summed E-state index contributed by atoms with van der Waals surface area (Å²) in [7, 11) is 0. The number of aromatic nitrogens is 2. The van der Waals surface area contributed by atoms with Crippen LogP contribution >= 0.6 is 34.3 Å². The number of rotatable bonds is 6. The summed E-state index contributed by atoms with van der Waals surface area (Å²) in [6.45, 7) is 4.79. The Bertz CT molecular complexity index is 848. The number of fused-ring (bicyclic) bond motifs is 1. The van der Waals surface area contributed by atoms with Crippen LogP contribution in [0.5, 0.6) is 0 Å². The monoisotopic (exact) mass is 363 g/mol. The highest BCUT2D eigenvalue weighted by atomic mass is 35.5. The van der Waals surface area contributed by atoms with Crippen molar-refractivity contribution in [1.82, 2.24) is 14.3 Å². The van der Waals surface area contributed by atoms with Gasteiger partial charge in [-0.1, -0.05) is 23.7 Å². The molecule has 0 N–H and O–H groups in total. The van der Waals surface area contributed by atoms with Crippen molar-refractivity contribution in [2.24, 2.45) is 0 Å². The summed E-state index contributed by atoms with van der Waals surface area (Å²) in [5.41, 5.74) is 0.714. The quantitative estimate of drug-likeness (QED) is 0.482. The number of carbonyl (C=O) groups excluding carboxylic acids is 1. The zero-order valence-electron chi connectivity index (χ0n) is 12.2. The molecule has 118 valence electrons. The van der Waals surface area contributed by atoms with Crippen molar-refractivity contribution in [2.45, 2.75) is 6.54 Å². The van der Waals surface area contributed by atoms with Crippen LogP contribution in [0.3, 0.4) is 0 Å². The lowest BCUT2D eigenvalue weighted by atomic mass is 10.3. The molecule has 0 unspecified atom stereocenters. The summed E-state index contributed by atoms with van der Waals surface area (Å²) >= 11 is 9.26. The third kappa shape index (κ3) is 3.55. The first-order chi connectivity index (χ1) is 11.2. The maximum absolute atomic E-state index is 12.5. The van der Waals surface area contributed by atoms with Crippen LogP contribution in [0, 0.1) is 0 Å². The van der Waals surface area contributed by atoms with E-state index in [2.05, 4.69) is 11.6 Å². The molecule has 0 aromatic carbocycles. The normalized spacial score (nSPS) is 11.3. The first-order valence-electron chi connectivity index (χ1n) is 6.90. The van der Waals surface area contributed by atoms with Crippen molar-refractivity contribution in [1.29, 1.82) is 0 Å². The van der Waals surface area contributed by atoms with Crippen LogP contribution in [0.15, 0.2) is 47.8 Å². The number of amides is 1. The summed E-state index contributed by atoms with van der Waals surface area (Å²) in [6.07, 6.45) is 6.85. The Morgan fingerprint density at radius 2 is 2.30 bits per heavy atom. The van der Waals surface area contributed by atoms with Crippen molar-refractivity contribution in [3.8, 4) is 0 Å². The second-order valence-corrected chi connectivity index (χ2v) is 7.03. The number of hydrogen-bond acceptors (Lipinski definition) is 4. The van der Waals surface area contributed by atoms with Gasteiger partial charge in [-0.2, -0.15) is 0 Å². The van der Waals surface area contributed by atoms with Gasteiger partial charge in [-0.05, 0) is 17.5 Å². The fourth-order valence-corrected chi connectivity index (χ4v) is 3.89. The van der Waals surface area contributed by atoms with E-state index in [9.17, 15) is 4.79 Å².